The van der Waals surface area contributed by atoms with Crippen molar-refractivity contribution in [2.24, 2.45) is 0 Å². The van der Waals surface area contributed by atoms with E-state index >= 15 is 0 Å². The van der Waals surface area contributed by atoms with E-state index in [4.69, 9.17) is 4.52 Å². The first-order chi connectivity index (χ1) is 8.29. The van der Waals surface area contributed by atoms with Crippen LogP contribution in [-0.4, -0.2) is 23.7 Å². The molecule has 1 aromatic carbocycles. The molecule has 17 heavy (non-hydrogen) atoms. The van der Waals surface area contributed by atoms with Crippen LogP contribution in [0.2, 0.25) is 0 Å². The number of aromatic nitrogens is 2. The average Bonchev–Trinajstić information content (AvgIpc) is 2.79. The molecular weight excluding hydrogens is 221 g/mol. The third-order valence-corrected chi connectivity index (χ3v) is 2.39. The van der Waals surface area contributed by atoms with Gasteiger partial charge in [-0.3, -0.25) is 0 Å². The van der Waals surface area contributed by atoms with E-state index < -0.39 is 0 Å². The summed E-state index contributed by atoms with van der Waals surface area (Å²) in [6, 6.07) is 6.00. The summed E-state index contributed by atoms with van der Waals surface area (Å²) in [6.45, 7) is 0.917. The van der Waals surface area contributed by atoms with Gasteiger partial charge in [0.2, 0.25) is 0 Å². The summed E-state index contributed by atoms with van der Waals surface area (Å²) in [4.78, 5) is 4.25. The highest BCUT2D eigenvalue weighted by Crippen LogP contribution is 2.17. The van der Waals surface area contributed by atoms with E-state index in [-0.39, 0.29) is 5.82 Å². The summed E-state index contributed by atoms with van der Waals surface area (Å²) in [5, 5.41) is 6.93. The van der Waals surface area contributed by atoms with Crippen LogP contribution < -0.4 is 5.32 Å². The van der Waals surface area contributed by atoms with E-state index in [1.807, 2.05) is 7.05 Å². The Hall–Kier alpha value is -1.75. The lowest BCUT2D eigenvalue weighted by Gasteiger charge is -1.94. The van der Waals surface area contributed by atoms with Crippen molar-refractivity contribution >= 4 is 0 Å². The molecule has 90 valence electrons. The Morgan fingerprint density at radius 1 is 1.29 bits per heavy atom. The lowest BCUT2D eigenvalue weighted by molar-refractivity contribution is 0.421. The molecule has 2 aromatic rings. The van der Waals surface area contributed by atoms with Gasteiger partial charge in [-0.2, -0.15) is 4.98 Å². The molecule has 0 radical (unpaired) electrons. The van der Waals surface area contributed by atoms with Crippen LogP contribution in [0.1, 0.15) is 12.2 Å². The fourth-order valence-corrected chi connectivity index (χ4v) is 1.49. The van der Waals surface area contributed by atoms with E-state index in [2.05, 4.69) is 15.5 Å². The van der Waals surface area contributed by atoms with Gasteiger partial charge in [0.1, 0.15) is 5.82 Å². The Kier molecular flexibility index (Phi) is 3.82. The molecule has 2 rings (SSSR count). The fraction of sp³-hybridized carbons (Fsp3) is 0.333. The Labute approximate surface area is 98.8 Å². The van der Waals surface area contributed by atoms with Gasteiger partial charge in [0.25, 0.3) is 5.89 Å². The molecule has 0 saturated heterocycles. The summed E-state index contributed by atoms with van der Waals surface area (Å²) in [6.07, 6.45) is 1.73. The van der Waals surface area contributed by atoms with Crippen LogP contribution in [0.5, 0.6) is 0 Å². The first-order valence-electron chi connectivity index (χ1n) is 5.52. The van der Waals surface area contributed by atoms with Gasteiger partial charge in [-0.05, 0) is 44.3 Å². The zero-order valence-corrected chi connectivity index (χ0v) is 9.61. The maximum absolute atomic E-state index is 12.7. The molecule has 0 aliphatic rings. The van der Waals surface area contributed by atoms with Crippen molar-refractivity contribution in [3.05, 3.63) is 35.9 Å². The maximum Gasteiger partial charge on any atom is 0.257 e. The van der Waals surface area contributed by atoms with Crippen LogP contribution in [0.3, 0.4) is 0 Å². The fourth-order valence-electron chi connectivity index (χ4n) is 1.49. The molecule has 0 atom stereocenters. The predicted octanol–water partition coefficient (Wildman–Crippen LogP) is 2.03. The van der Waals surface area contributed by atoms with Crippen LogP contribution >= 0.6 is 0 Å². The van der Waals surface area contributed by atoms with Gasteiger partial charge in [-0.15, -0.1) is 0 Å². The second-order valence-electron chi connectivity index (χ2n) is 3.73. The Balaban J connectivity index is 2.04. The molecule has 4 nitrogen and oxygen atoms in total. The van der Waals surface area contributed by atoms with E-state index in [0.717, 1.165) is 24.9 Å². The summed E-state index contributed by atoms with van der Waals surface area (Å²) in [7, 11) is 1.90. The zero-order chi connectivity index (χ0) is 12.1. The van der Waals surface area contributed by atoms with Gasteiger partial charge in [0, 0.05) is 12.0 Å². The molecule has 0 aliphatic carbocycles. The smallest absolute Gasteiger partial charge is 0.257 e. The highest BCUT2D eigenvalue weighted by molar-refractivity contribution is 5.52. The first kappa shape index (κ1) is 11.7. The number of nitrogens with zero attached hydrogens (tertiary/aromatic N) is 2. The monoisotopic (exact) mass is 235 g/mol. The van der Waals surface area contributed by atoms with Crippen molar-refractivity contribution in [3.8, 4) is 11.5 Å². The molecule has 0 bridgehead atoms. The molecule has 0 amide bonds. The van der Waals surface area contributed by atoms with Gasteiger partial charge in [0.05, 0.1) is 0 Å². The number of rotatable bonds is 5. The number of benzene rings is 1. The van der Waals surface area contributed by atoms with E-state index in [0.29, 0.717) is 11.7 Å². The van der Waals surface area contributed by atoms with Crippen molar-refractivity contribution in [3.63, 3.8) is 0 Å². The van der Waals surface area contributed by atoms with Gasteiger partial charge in [-0.1, -0.05) is 5.16 Å². The van der Waals surface area contributed by atoms with Crippen LogP contribution in [0.25, 0.3) is 11.5 Å². The maximum atomic E-state index is 12.7. The average molecular weight is 235 g/mol. The van der Waals surface area contributed by atoms with Gasteiger partial charge < -0.3 is 9.84 Å². The summed E-state index contributed by atoms with van der Waals surface area (Å²) in [5.41, 5.74) is 0.735. The van der Waals surface area contributed by atoms with Crippen molar-refractivity contribution in [1.82, 2.24) is 15.5 Å². The molecule has 1 aromatic heterocycles. The van der Waals surface area contributed by atoms with Crippen LogP contribution in [-0.2, 0) is 6.42 Å². The highest BCUT2D eigenvalue weighted by Gasteiger charge is 2.08. The zero-order valence-electron chi connectivity index (χ0n) is 9.61. The molecule has 1 N–H and O–H groups in total. The number of halogens is 1. The number of aryl methyl sites for hydroxylation is 1. The number of nitrogens with one attached hydrogen (secondary N) is 1. The van der Waals surface area contributed by atoms with Gasteiger partial charge >= 0.3 is 0 Å². The normalized spacial score (nSPS) is 10.7. The van der Waals surface area contributed by atoms with E-state index in [1.54, 1.807) is 12.1 Å². The Morgan fingerprint density at radius 2 is 2.06 bits per heavy atom. The third-order valence-electron chi connectivity index (χ3n) is 2.39. The van der Waals surface area contributed by atoms with E-state index in [9.17, 15) is 4.39 Å². The molecule has 0 saturated carbocycles. The van der Waals surface area contributed by atoms with Gasteiger partial charge in [-0.25, -0.2) is 4.39 Å². The largest absolute Gasteiger partial charge is 0.334 e. The Morgan fingerprint density at radius 3 is 2.76 bits per heavy atom. The lowest BCUT2D eigenvalue weighted by Crippen LogP contribution is -2.08. The summed E-state index contributed by atoms with van der Waals surface area (Å²) >= 11 is 0. The molecule has 0 spiro atoms. The first-order valence-corrected chi connectivity index (χ1v) is 5.52. The van der Waals surface area contributed by atoms with Crippen molar-refractivity contribution < 1.29 is 8.91 Å². The van der Waals surface area contributed by atoms with Crippen molar-refractivity contribution in [1.29, 1.82) is 0 Å². The van der Waals surface area contributed by atoms with Crippen LogP contribution in [0, 0.1) is 5.82 Å². The van der Waals surface area contributed by atoms with Crippen LogP contribution in [0.4, 0.5) is 4.39 Å². The summed E-state index contributed by atoms with van der Waals surface area (Å²) in [5.74, 6) is 0.839. The molecule has 0 fully saturated rings. The lowest BCUT2D eigenvalue weighted by atomic mass is 10.2. The molecule has 1 heterocycles. The number of hydrogen-bond donors (Lipinski definition) is 1. The predicted molar refractivity (Wildman–Crippen MR) is 61.9 cm³/mol. The highest BCUT2D eigenvalue weighted by atomic mass is 19.1. The van der Waals surface area contributed by atoms with Crippen molar-refractivity contribution in [2.75, 3.05) is 13.6 Å². The molecule has 0 aliphatic heterocycles. The summed E-state index contributed by atoms with van der Waals surface area (Å²) < 4.78 is 17.9. The Bertz CT molecular complexity index is 467. The minimum absolute atomic E-state index is 0.275. The molecule has 0 unspecified atom stereocenters. The van der Waals surface area contributed by atoms with Crippen molar-refractivity contribution in [2.45, 2.75) is 12.8 Å². The number of hydrogen-bond acceptors (Lipinski definition) is 4. The topological polar surface area (TPSA) is 51.0 Å². The second kappa shape index (κ2) is 5.54. The molecular formula is C12H14FN3O. The quantitative estimate of drug-likeness (QED) is 0.806. The minimum Gasteiger partial charge on any atom is -0.334 e. The van der Waals surface area contributed by atoms with Gasteiger partial charge in [0.15, 0.2) is 5.82 Å². The standard InChI is InChI=1S/C12H14FN3O/c1-14-8-2-3-11-15-12(17-16-11)9-4-6-10(13)7-5-9/h4-7,14H,2-3,8H2,1H3. The molecule has 5 heteroatoms. The van der Waals surface area contributed by atoms with Crippen LogP contribution in [0.15, 0.2) is 28.8 Å². The SMILES string of the molecule is CNCCCc1noc(-c2ccc(F)cc2)n1. The van der Waals surface area contributed by atoms with E-state index in [1.165, 1.54) is 12.1 Å². The second-order valence-corrected chi connectivity index (χ2v) is 3.73. The third kappa shape index (κ3) is 3.10. The minimum atomic E-state index is -0.275.